The van der Waals surface area contributed by atoms with Gasteiger partial charge in [-0.1, -0.05) is 18.2 Å². The lowest BCUT2D eigenvalue weighted by atomic mass is 10.0. The maximum atomic E-state index is 11.3. The molecular weight excluding hydrogens is 272 g/mol. The quantitative estimate of drug-likeness (QED) is 0.669. The third-order valence-electron chi connectivity index (χ3n) is 3.34. The number of rotatable bonds is 7. The molecule has 0 saturated carbocycles. The van der Waals surface area contributed by atoms with E-state index in [1.54, 1.807) is 0 Å². The van der Waals surface area contributed by atoms with Gasteiger partial charge in [0.1, 0.15) is 6.04 Å². The van der Waals surface area contributed by atoms with Gasteiger partial charge in [-0.15, -0.1) is 0 Å². The largest absolute Gasteiger partial charge is 0.480 e. The van der Waals surface area contributed by atoms with Crippen LogP contribution in [0.25, 0.3) is 10.9 Å². The monoisotopic (exact) mass is 290 g/mol. The number of carbonyl (C=O) groups is 2. The van der Waals surface area contributed by atoms with Gasteiger partial charge in [-0.2, -0.15) is 0 Å². The maximum Gasteiger partial charge on any atom is 0.321 e. The Morgan fingerprint density at radius 2 is 2.14 bits per heavy atom. The van der Waals surface area contributed by atoms with Crippen LogP contribution < -0.4 is 5.32 Å². The van der Waals surface area contributed by atoms with Crippen molar-refractivity contribution in [1.29, 1.82) is 0 Å². The molecule has 112 valence electrons. The van der Waals surface area contributed by atoms with Crippen molar-refractivity contribution in [2.75, 3.05) is 13.7 Å². The number of benzene rings is 1. The number of aromatic nitrogens is 1. The molecule has 1 aromatic heterocycles. The zero-order valence-electron chi connectivity index (χ0n) is 11.8. The summed E-state index contributed by atoms with van der Waals surface area (Å²) in [6, 6.07) is 6.99. The van der Waals surface area contributed by atoms with E-state index in [0.29, 0.717) is 6.42 Å². The van der Waals surface area contributed by atoms with Crippen LogP contribution in [-0.4, -0.2) is 41.7 Å². The van der Waals surface area contributed by atoms with Crippen LogP contribution in [0.15, 0.2) is 30.5 Å². The Balaban J connectivity index is 2.02. The molecule has 0 aliphatic rings. The average Bonchev–Trinajstić information content (AvgIpc) is 2.89. The van der Waals surface area contributed by atoms with Crippen LogP contribution in [0.3, 0.4) is 0 Å². The third-order valence-corrected chi connectivity index (χ3v) is 3.34. The first kappa shape index (κ1) is 15.1. The molecule has 2 aromatic rings. The standard InChI is InChI=1S/C15H18N2O4/c1-21-14(18)6-7-16-13(15(19)20)8-10-9-17-12-5-3-2-4-11(10)12/h2-5,9,13,16-17H,6-8H2,1H3,(H,19,20). The molecule has 0 fully saturated rings. The highest BCUT2D eigenvalue weighted by Gasteiger charge is 2.19. The van der Waals surface area contributed by atoms with Gasteiger partial charge in [-0.25, -0.2) is 0 Å². The normalized spacial score (nSPS) is 12.2. The highest BCUT2D eigenvalue weighted by molar-refractivity contribution is 5.84. The summed E-state index contributed by atoms with van der Waals surface area (Å²) in [7, 11) is 1.31. The fourth-order valence-corrected chi connectivity index (χ4v) is 2.22. The fraction of sp³-hybridized carbons (Fsp3) is 0.333. The average molecular weight is 290 g/mol. The number of hydrogen-bond donors (Lipinski definition) is 3. The van der Waals surface area contributed by atoms with Crippen LogP contribution in [0.4, 0.5) is 0 Å². The Hall–Kier alpha value is -2.34. The summed E-state index contributed by atoms with van der Waals surface area (Å²) in [6.45, 7) is 0.270. The van der Waals surface area contributed by atoms with Crippen molar-refractivity contribution in [3.63, 3.8) is 0 Å². The molecule has 6 nitrogen and oxygen atoms in total. The second-order valence-electron chi connectivity index (χ2n) is 4.73. The van der Waals surface area contributed by atoms with E-state index < -0.39 is 12.0 Å². The molecule has 2 rings (SSSR count). The molecular formula is C15H18N2O4. The number of esters is 1. The lowest BCUT2D eigenvalue weighted by Gasteiger charge is -2.13. The Bertz CT molecular complexity index is 635. The second-order valence-corrected chi connectivity index (χ2v) is 4.73. The van der Waals surface area contributed by atoms with E-state index in [4.69, 9.17) is 0 Å². The van der Waals surface area contributed by atoms with Gasteiger partial charge in [0, 0.05) is 30.1 Å². The predicted molar refractivity (Wildman–Crippen MR) is 78.1 cm³/mol. The first-order chi connectivity index (χ1) is 10.1. The molecule has 6 heteroatoms. The molecule has 0 amide bonds. The molecule has 0 spiro atoms. The van der Waals surface area contributed by atoms with Crippen LogP contribution in [0.2, 0.25) is 0 Å². The summed E-state index contributed by atoms with van der Waals surface area (Å²) in [5.41, 5.74) is 1.91. The predicted octanol–water partition coefficient (Wildman–Crippen LogP) is 1.32. The van der Waals surface area contributed by atoms with Crippen molar-refractivity contribution in [1.82, 2.24) is 10.3 Å². The van der Waals surface area contributed by atoms with Crippen molar-refractivity contribution in [2.24, 2.45) is 0 Å². The minimum atomic E-state index is -0.940. The van der Waals surface area contributed by atoms with E-state index in [-0.39, 0.29) is 18.9 Å². The van der Waals surface area contributed by atoms with E-state index in [1.807, 2.05) is 30.5 Å². The molecule has 1 aromatic carbocycles. The zero-order chi connectivity index (χ0) is 15.2. The van der Waals surface area contributed by atoms with Gasteiger partial charge in [-0.3, -0.25) is 9.59 Å². The van der Waals surface area contributed by atoms with Crippen LogP contribution in [-0.2, 0) is 20.7 Å². The molecule has 0 radical (unpaired) electrons. The van der Waals surface area contributed by atoms with Gasteiger partial charge in [0.15, 0.2) is 0 Å². The minimum absolute atomic E-state index is 0.147. The van der Waals surface area contributed by atoms with Gasteiger partial charge < -0.3 is 20.1 Å². The summed E-state index contributed by atoms with van der Waals surface area (Å²) < 4.78 is 4.52. The number of nitrogens with one attached hydrogen (secondary N) is 2. The van der Waals surface area contributed by atoms with Crippen molar-refractivity contribution in [3.8, 4) is 0 Å². The second kappa shape index (κ2) is 6.90. The molecule has 0 aliphatic heterocycles. The van der Waals surface area contributed by atoms with Gasteiger partial charge in [0.05, 0.1) is 13.5 Å². The topological polar surface area (TPSA) is 91.4 Å². The number of para-hydroxylation sites is 1. The van der Waals surface area contributed by atoms with E-state index in [0.717, 1.165) is 16.5 Å². The molecule has 0 saturated heterocycles. The smallest absolute Gasteiger partial charge is 0.321 e. The number of fused-ring (bicyclic) bond motifs is 1. The first-order valence-electron chi connectivity index (χ1n) is 6.70. The lowest BCUT2D eigenvalue weighted by Crippen LogP contribution is -2.39. The summed E-state index contributed by atoms with van der Waals surface area (Å²) >= 11 is 0. The molecule has 21 heavy (non-hydrogen) atoms. The Kier molecular flexibility index (Phi) is 4.94. The number of hydrogen-bond acceptors (Lipinski definition) is 4. The highest BCUT2D eigenvalue weighted by Crippen LogP contribution is 2.19. The fourth-order valence-electron chi connectivity index (χ4n) is 2.22. The van der Waals surface area contributed by atoms with Crippen molar-refractivity contribution in [2.45, 2.75) is 18.9 Å². The van der Waals surface area contributed by atoms with Gasteiger partial charge in [-0.05, 0) is 11.6 Å². The number of aromatic amines is 1. The summed E-state index contributed by atoms with van der Waals surface area (Å²) in [5.74, 6) is -1.30. The summed E-state index contributed by atoms with van der Waals surface area (Å²) in [6.07, 6.45) is 2.32. The number of carboxylic acids is 1. The number of H-pyrrole nitrogens is 1. The van der Waals surface area contributed by atoms with Crippen LogP contribution in [0, 0.1) is 0 Å². The van der Waals surface area contributed by atoms with Gasteiger partial charge >= 0.3 is 11.9 Å². The number of carboxylic acid groups (broad SMARTS) is 1. The van der Waals surface area contributed by atoms with Crippen LogP contribution in [0.5, 0.6) is 0 Å². The minimum Gasteiger partial charge on any atom is -0.480 e. The lowest BCUT2D eigenvalue weighted by molar-refractivity contribution is -0.142. The number of methoxy groups -OCH3 is 1. The van der Waals surface area contributed by atoms with E-state index in [9.17, 15) is 14.7 Å². The number of carbonyl (C=O) groups excluding carboxylic acids is 1. The van der Waals surface area contributed by atoms with Crippen molar-refractivity contribution >= 4 is 22.8 Å². The van der Waals surface area contributed by atoms with E-state index in [1.165, 1.54) is 7.11 Å². The maximum absolute atomic E-state index is 11.3. The highest BCUT2D eigenvalue weighted by atomic mass is 16.5. The number of ether oxygens (including phenoxy) is 1. The molecule has 0 bridgehead atoms. The molecule has 0 aliphatic carbocycles. The van der Waals surface area contributed by atoms with E-state index >= 15 is 0 Å². The van der Waals surface area contributed by atoms with Crippen molar-refractivity contribution < 1.29 is 19.4 Å². The Labute approximate surface area is 122 Å². The van der Waals surface area contributed by atoms with Crippen molar-refractivity contribution in [3.05, 3.63) is 36.0 Å². The van der Waals surface area contributed by atoms with Crippen LogP contribution in [0.1, 0.15) is 12.0 Å². The van der Waals surface area contributed by atoms with Gasteiger partial charge in [0.2, 0.25) is 0 Å². The molecule has 1 heterocycles. The SMILES string of the molecule is COC(=O)CCNC(Cc1c[nH]c2ccccc12)C(=O)O. The summed E-state index contributed by atoms with van der Waals surface area (Å²) in [4.78, 5) is 25.5. The zero-order valence-corrected chi connectivity index (χ0v) is 11.8. The Morgan fingerprint density at radius 3 is 2.86 bits per heavy atom. The molecule has 1 unspecified atom stereocenters. The van der Waals surface area contributed by atoms with E-state index in [2.05, 4.69) is 15.0 Å². The molecule has 3 N–H and O–H groups in total. The third kappa shape index (κ3) is 3.82. The first-order valence-corrected chi connectivity index (χ1v) is 6.70. The number of aliphatic carboxylic acids is 1. The molecule has 1 atom stereocenters. The summed E-state index contributed by atoms with van der Waals surface area (Å²) in [5, 5.41) is 13.2. The van der Waals surface area contributed by atoms with Crippen LogP contribution >= 0.6 is 0 Å². The van der Waals surface area contributed by atoms with Gasteiger partial charge in [0.25, 0.3) is 0 Å². The Morgan fingerprint density at radius 1 is 1.38 bits per heavy atom.